The molecule has 0 aliphatic carbocycles. The van der Waals surface area contributed by atoms with Gasteiger partial charge in [-0.1, -0.05) is 35.9 Å². The van der Waals surface area contributed by atoms with Gasteiger partial charge in [-0.15, -0.1) is 11.3 Å². The molecular weight excluding hydrogens is 250 g/mol. The predicted octanol–water partition coefficient (Wildman–Crippen LogP) is 5.08. The molecule has 0 fully saturated rings. The SMILES string of the molecule is Cc1cc2ccccc2s1.Cc1ccc(C#N)cc1. The van der Waals surface area contributed by atoms with Gasteiger partial charge in [0, 0.05) is 9.58 Å². The van der Waals surface area contributed by atoms with Crippen LogP contribution in [0, 0.1) is 25.2 Å². The van der Waals surface area contributed by atoms with E-state index in [0.717, 1.165) is 5.56 Å². The minimum atomic E-state index is 0.723. The number of nitriles is 1. The zero-order valence-corrected chi connectivity index (χ0v) is 11.9. The molecule has 94 valence electrons. The monoisotopic (exact) mass is 265 g/mol. The molecule has 1 nitrogen and oxygen atoms in total. The van der Waals surface area contributed by atoms with Gasteiger partial charge in [0.15, 0.2) is 0 Å². The van der Waals surface area contributed by atoms with E-state index >= 15 is 0 Å². The van der Waals surface area contributed by atoms with Crippen LogP contribution in [0.3, 0.4) is 0 Å². The first-order chi connectivity index (χ1) is 9.19. The summed E-state index contributed by atoms with van der Waals surface area (Å²) >= 11 is 1.85. The summed E-state index contributed by atoms with van der Waals surface area (Å²) in [6.07, 6.45) is 0. The van der Waals surface area contributed by atoms with Gasteiger partial charge in [0.2, 0.25) is 0 Å². The maximum atomic E-state index is 8.38. The summed E-state index contributed by atoms with van der Waals surface area (Å²) in [5, 5.41) is 9.74. The number of fused-ring (bicyclic) bond motifs is 1. The molecule has 0 saturated carbocycles. The third kappa shape index (κ3) is 3.67. The lowest BCUT2D eigenvalue weighted by Crippen LogP contribution is -1.72. The van der Waals surface area contributed by atoms with Gasteiger partial charge < -0.3 is 0 Å². The van der Waals surface area contributed by atoms with Gasteiger partial charge in [0.25, 0.3) is 0 Å². The first-order valence-corrected chi connectivity index (χ1v) is 6.92. The molecule has 0 amide bonds. The molecule has 3 rings (SSSR count). The van der Waals surface area contributed by atoms with Crippen molar-refractivity contribution < 1.29 is 0 Å². The molecule has 0 saturated heterocycles. The Bertz CT molecular complexity index is 669. The van der Waals surface area contributed by atoms with E-state index in [1.54, 1.807) is 0 Å². The van der Waals surface area contributed by atoms with E-state index in [9.17, 15) is 0 Å². The van der Waals surface area contributed by atoms with Crippen molar-refractivity contribution in [1.29, 1.82) is 5.26 Å². The van der Waals surface area contributed by atoms with Crippen molar-refractivity contribution in [1.82, 2.24) is 0 Å². The standard InChI is InChI=1S/C9H8S.C8H7N/c1-7-6-8-4-2-3-5-9(8)10-7;1-7-2-4-8(6-9)5-3-7/h2-6H,1H3;2-5H,1H3. The topological polar surface area (TPSA) is 23.8 Å². The number of thiophene rings is 1. The molecule has 0 aliphatic heterocycles. The van der Waals surface area contributed by atoms with Crippen LogP contribution in [0.1, 0.15) is 16.0 Å². The van der Waals surface area contributed by atoms with Gasteiger partial charge in [-0.05, 0) is 43.5 Å². The Morgan fingerprint density at radius 2 is 1.63 bits per heavy atom. The van der Waals surface area contributed by atoms with E-state index in [1.165, 1.54) is 20.5 Å². The summed E-state index contributed by atoms with van der Waals surface area (Å²) in [6.45, 7) is 4.14. The third-order valence-electron chi connectivity index (χ3n) is 2.73. The Hall–Kier alpha value is -2.11. The van der Waals surface area contributed by atoms with Gasteiger partial charge in [0.1, 0.15) is 0 Å². The number of benzene rings is 2. The minimum Gasteiger partial charge on any atom is -0.192 e. The first-order valence-electron chi connectivity index (χ1n) is 6.11. The van der Waals surface area contributed by atoms with Crippen molar-refractivity contribution in [2.24, 2.45) is 0 Å². The molecule has 0 radical (unpaired) electrons. The van der Waals surface area contributed by atoms with Crippen LogP contribution in [0.2, 0.25) is 0 Å². The lowest BCUT2D eigenvalue weighted by atomic mass is 10.2. The number of hydrogen-bond acceptors (Lipinski definition) is 2. The third-order valence-corrected chi connectivity index (χ3v) is 3.76. The van der Waals surface area contributed by atoms with Gasteiger partial charge in [0.05, 0.1) is 11.6 Å². The van der Waals surface area contributed by atoms with Gasteiger partial charge in [-0.3, -0.25) is 0 Å². The van der Waals surface area contributed by atoms with Crippen molar-refractivity contribution in [2.45, 2.75) is 13.8 Å². The van der Waals surface area contributed by atoms with E-state index < -0.39 is 0 Å². The van der Waals surface area contributed by atoms with Crippen LogP contribution in [0.4, 0.5) is 0 Å². The lowest BCUT2D eigenvalue weighted by Gasteiger charge is -1.88. The van der Waals surface area contributed by atoms with Crippen LogP contribution in [0.25, 0.3) is 10.1 Å². The van der Waals surface area contributed by atoms with Gasteiger partial charge in [-0.25, -0.2) is 0 Å². The van der Waals surface area contributed by atoms with E-state index in [2.05, 4.69) is 43.3 Å². The molecule has 1 heterocycles. The van der Waals surface area contributed by atoms with Crippen molar-refractivity contribution in [3.8, 4) is 6.07 Å². The molecule has 1 aromatic heterocycles. The van der Waals surface area contributed by atoms with Crippen molar-refractivity contribution in [3.63, 3.8) is 0 Å². The first kappa shape index (κ1) is 13.3. The molecule has 0 bridgehead atoms. The quantitative estimate of drug-likeness (QED) is 0.556. The summed E-state index contributed by atoms with van der Waals surface area (Å²) in [6, 6.07) is 20.2. The van der Waals surface area contributed by atoms with Crippen LogP contribution >= 0.6 is 11.3 Å². The molecule has 2 heteroatoms. The zero-order valence-electron chi connectivity index (χ0n) is 11.1. The number of nitrogens with zero attached hydrogens (tertiary/aromatic N) is 1. The molecule has 0 spiro atoms. The summed E-state index contributed by atoms with van der Waals surface area (Å²) in [5.41, 5.74) is 1.91. The van der Waals surface area contributed by atoms with E-state index in [-0.39, 0.29) is 0 Å². The normalized spacial score (nSPS) is 9.53. The number of hydrogen-bond donors (Lipinski definition) is 0. The van der Waals surface area contributed by atoms with Crippen LogP contribution in [-0.2, 0) is 0 Å². The van der Waals surface area contributed by atoms with Crippen LogP contribution < -0.4 is 0 Å². The Balaban J connectivity index is 0.000000141. The fourth-order valence-corrected chi connectivity index (χ4v) is 2.67. The molecule has 19 heavy (non-hydrogen) atoms. The van der Waals surface area contributed by atoms with E-state index in [4.69, 9.17) is 5.26 Å². The fourth-order valence-electron chi connectivity index (χ4n) is 1.74. The Kier molecular flexibility index (Phi) is 4.33. The average Bonchev–Trinajstić information content (AvgIpc) is 2.80. The number of aryl methyl sites for hydroxylation is 2. The zero-order chi connectivity index (χ0) is 13.7. The molecule has 0 unspecified atom stereocenters. The predicted molar refractivity (Wildman–Crippen MR) is 82.5 cm³/mol. The lowest BCUT2D eigenvalue weighted by molar-refractivity contribution is 1.43. The second-order valence-electron chi connectivity index (χ2n) is 4.37. The molecule has 2 aromatic carbocycles. The minimum absolute atomic E-state index is 0.723. The Morgan fingerprint density at radius 3 is 2.26 bits per heavy atom. The van der Waals surface area contributed by atoms with Crippen LogP contribution in [0.5, 0.6) is 0 Å². The van der Waals surface area contributed by atoms with E-state index in [0.29, 0.717) is 0 Å². The highest BCUT2D eigenvalue weighted by atomic mass is 32.1. The largest absolute Gasteiger partial charge is 0.192 e. The molecule has 0 atom stereocenters. The van der Waals surface area contributed by atoms with Crippen molar-refractivity contribution in [2.75, 3.05) is 0 Å². The maximum absolute atomic E-state index is 8.38. The summed E-state index contributed by atoms with van der Waals surface area (Å²) in [7, 11) is 0. The average molecular weight is 265 g/mol. The highest BCUT2D eigenvalue weighted by molar-refractivity contribution is 7.19. The highest BCUT2D eigenvalue weighted by Gasteiger charge is 1.93. The fraction of sp³-hybridized carbons (Fsp3) is 0.118. The Labute approximate surface area is 117 Å². The van der Waals surface area contributed by atoms with Crippen molar-refractivity contribution in [3.05, 3.63) is 70.6 Å². The Morgan fingerprint density at radius 1 is 0.947 bits per heavy atom. The van der Waals surface area contributed by atoms with Gasteiger partial charge >= 0.3 is 0 Å². The molecule has 0 aliphatic rings. The highest BCUT2D eigenvalue weighted by Crippen LogP contribution is 2.23. The second-order valence-corrected chi connectivity index (χ2v) is 5.66. The molecule has 0 N–H and O–H groups in total. The van der Waals surface area contributed by atoms with E-state index in [1.807, 2.05) is 42.5 Å². The van der Waals surface area contributed by atoms with Crippen LogP contribution in [-0.4, -0.2) is 0 Å². The summed E-state index contributed by atoms with van der Waals surface area (Å²) < 4.78 is 1.39. The second kappa shape index (κ2) is 6.17. The number of rotatable bonds is 0. The molecule has 3 aromatic rings. The maximum Gasteiger partial charge on any atom is 0.0991 e. The van der Waals surface area contributed by atoms with Crippen molar-refractivity contribution >= 4 is 21.4 Å². The summed E-state index contributed by atoms with van der Waals surface area (Å²) in [4.78, 5) is 1.39. The van der Waals surface area contributed by atoms with Crippen LogP contribution in [0.15, 0.2) is 54.6 Å². The van der Waals surface area contributed by atoms with Gasteiger partial charge in [-0.2, -0.15) is 5.26 Å². The molecular formula is C17H15NS. The smallest absolute Gasteiger partial charge is 0.0991 e. The summed E-state index contributed by atoms with van der Waals surface area (Å²) in [5.74, 6) is 0.